The molecule has 0 aromatic heterocycles. The van der Waals surface area contributed by atoms with Crippen LogP contribution in [0.2, 0.25) is 0 Å². The second kappa shape index (κ2) is 42.8. The van der Waals surface area contributed by atoms with Crippen LogP contribution in [-0.2, 0) is 18.9 Å². The van der Waals surface area contributed by atoms with E-state index in [1.165, 1.54) is 8.79 Å². The summed E-state index contributed by atoms with van der Waals surface area (Å²) in [5.74, 6) is 0. The Hall–Kier alpha value is 0.848. The van der Waals surface area contributed by atoms with Crippen LogP contribution >= 0.6 is 18.2 Å². The van der Waals surface area contributed by atoms with E-state index in [-0.39, 0.29) is 53.2 Å². The third kappa shape index (κ3) is 33.9. The van der Waals surface area contributed by atoms with Gasteiger partial charge in [0, 0.05) is 28.4 Å². The minimum atomic E-state index is -0.108. The molecule has 8 nitrogen and oxygen atoms in total. The van der Waals surface area contributed by atoms with Crippen molar-refractivity contribution in [3.63, 3.8) is 0 Å². The molecule has 0 saturated heterocycles. The Labute approximate surface area is 403 Å². The third-order valence-electron chi connectivity index (χ3n) is 8.72. The molecule has 0 aliphatic rings. The summed E-state index contributed by atoms with van der Waals surface area (Å²) in [5.41, 5.74) is 0. The number of benzene rings is 2. The number of ether oxygens (including phenoxy) is 4. The molecular weight excluding hydrogens is 819 g/mol. The number of methoxy groups -OCH3 is 4. The van der Waals surface area contributed by atoms with Gasteiger partial charge in [-0.15, -0.1) is 0 Å². The van der Waals surface area contributed by atoms with Crippen molar-refractivity contribution in [2.75, 3.05) is 54.9 Å². The standard InChI is InChI=1S/2C12H29BN2P.C12H10Ge.2C4H10O2.2Li/c2*1-9(2)14(10(3)4)13(16)15(11(5)6)12(7)8;1-3-7-11(8-4-1)13-12-9-5-2-6-10-12;2*1-5-3-4-6-2;;/h2*9-12,16H,1-8H3;1-10H;2*3-4H2,1-2H3;;/q2*-1;;;;2*+1. The fourth-order valence-corrected chi connectivity index (χ4v) is 11.1. The number of nitrogens with zero attached hydrogens (tertiary/aromatic N) is 4. The Morgan fingerprint density at radius 2 is 0.559 bits per heavy atom. The molecule has 15 heteroatoms. The van der Waals surface area contributed by atoms with E-state index in [1.54, 1.807) is 28.4 Å². The van der Waals surface area contributed by atoms with Gasteiger partial charge in [0.2, 0.25) is 0 Å². The van der Waals surface area contributed by atoms with E-state index in [2.05, 4.69) is 228 Å². The van der Waals surface area contributed by atoms with Gasteiger partial charge in [-0.3, -0.25) is 0 Å². The van der Waals surface area contributed by atoms with Crippen LogP contribution in [0.1, 0.15) is 111 Å². The van der Waals surface area contributed by atoms with Crippen molar-refractivity contribution in [2.24, 2.45) is 0 Å². The van der Waals surface area contributed by atoms with Gasteiger partial charge in [0.1, 0.15) is 13.4 Å². The normalized spacial score (nSPS) is 11.0. The molecule has 330 valence electrons. The Bertz CT molecular complexity index is 989. The molecule has 2 aromatic carbocycles. The first-order chi connectivity index (χ1) is 26.7. The SMILES string of the molecule is CC(C)N(B([PH-])N(C(C)C)C(C)C)C(C)C.CC(C)N(B([PH-])N(C(C)C)C(C)C)C(C)C.COCCOC.COCCOC.[Li+].[Li+].c1cc[c]([Ge][c]2ccccc2)cc1. The summed E-state index contributed by atoms with van der Waals surface area (Å²) in [5, 5.41) is 0. The van der Waals surface area contributed by atoms with Crippen molar-refractivity contribution in [3.8, 4) is 0 Å². The van der Waals surface area contributed by atoms with E-state index in [1.807, 2.05) is 0 Å². The molecule has 0 atom stereocenters. The minimum absolute atomic E-state index is 0. The van der Waals surface area contributed by atoms with E-state index < -0.39 is 0 Å². The molecule has 59 heavy (non-hydrogen) atoms. The van der Waals surface area contributed by atoms with Gasteiger partial charge in [0.25, 0.3) is 0 Å². The molecule has 0 bridgehead atoms. The molecule has 0 unspecified atom stereocenters. The predicted molar refractivity (Wildman–Crippen MR) is 262 cm³/mol. The summed E-state index contributed by atoms with van der Waals surface area (Å²) in [6.45, 7) is 39.5. The molecule has 0 N–H and O–H groups in total. The summed E-state index contributed by atoms with van der Waals surface area (Å²) in [7, 11) is 14.5. The summed E-state index contributed by atoms with van der Waals surface area (Å²) < 4.78 is 21.6. The first kappa shape index (κ1) is 68.9. The number of hydrogen-bond donors (Lipinski definition) is 0. The molecular formula is C44H88B2GeLi2N4O4P2. The van der Waals surface area contributed by atoms with Crippen molar-refractivity contribution in [2.45, 2.75) is 159 Å². The molecule has 0 fully saturated rings. The van der Waals surface area contributed by atoms with Crippen molar-refractivity contribution in [1.82, 2.24) is 19.2 Å². The van der Waals surface area contributed by atoms with Crippen LogP contribution in [0.4, 0.5) is 0 Å². The van der Waals surface area contributed by atoms with Crippen molar-refractivity contribution < 1.29 is 56.7 Å². The first-order valence-electron chi connectivity index (χ1n) is 21.0. The fraction of sp³-hybridized carbons (Fsp3) is 0.727. The Kier molecular flexibility index (Phi) is 50.0. The van der Waals surface area contributed by atoms with Gasteiger partial charge >= 0.3 is 123 Å². The monoisotopic (exact) mass is 909 g/mol. The van der Waals surface area contributed by atoms with Crippen LogP contribution < -0.4 is 46.5 Å². The van der Waals surface area contributed by atoms with Crippen LogP contribution in [0.15, 0.2) is 60.7 Å². The molecule has 0 saturated carbocycles. The summed E-state index contributed by atoms with van der Waals surface area (Å²) in [4.78, 5) is 9.99. The van der Waals surface area contributed by atoms with Gasteiger partial charge in [-0.05, 0) is 48.3 Å². The zero-order valence-corrected chi connectivity index (χ0v) is 46.4. The maximum absolute atomic E-state index is 4.66. The van der Waals surface area contributed by atoms with Crippen molar-refractivity contribution >= 4 is 55.9 Å². The molecule has 2 radical (unpaired) electrons. The van der Waals surface area contributed by atoms with E-state index in [9.17, 15) is 0 Å². The van der Waals surface area contributed by atoms with Gasteiger partial charge in [-0.1, -0.05) is 111 Å². The van der Waals surface area contributed by atoms with E-state index in [0.29, 0.717) is 88.2 Å². The first-order valence-corrected chi connectivity index (χ1v) is 24.3. The van der Waals surface area contributed by atoms with Gasteiger partial charge in [-0.2, -0.15) is 0 Å². The van der Waals surface area contributed by atoms with Crippen molar-refractivity contribution in [3.05, 3.63) is 60.7 Å². The Morgan fingerprint density at radius 3 is 0.695 bits per heavy atom. The molecule has 0 amide bonds. The quantitative estimate of drug-likeness (QED) is 0.114. The summed E-state index contributed by atoms with van der Waals surface area (Å²) in [6.07, 6.45) is 0. The molecule has 0 aliphatic carbocycles. The predicted octanol–water partition coefficient (Wildman–Crippen LogP) is 2.61. The van der Waals surface area contributed by atoms with Crippen LogP contribution in [0.5, 0.6) is 0 Å². The third-order valence-corrected chi connectivity index (χ3v) is 12.5. The van der Waals surface area contributed by atoms with Gasteiger partial charge in [-0.25, -0.2) is 0 Å². The maximum atomic E-state index is 4.66. The molecule has 0 spiro atoms. The Morgan fingerprint density at radius 1 is 0.390 bits per heavy atom. The summed E-state index contributed by atoms with van der Waals surface area (Å²) in [6, 6.07) is 25.8. The molecule has 0 aliphatic heterocycles. The van der Waals surface area contributed by atoms with E-state index in [0.717, 1.165) is 0 Å². The average Bonchev–Trinajstić information content (AvgIpc) is 3.10. The van der Waals surface area contributed by atoms with Crippen molar-refractivity contribution in [1.29, 1.82) is 0 Å². The second-order valence-corrected chi connectivity index (χ2v) is 20.1. The molecule has 0 heterocycles. The van der Waals surface area contributed by atoms with E-state index in [4.69, 9.17) is 0 Å². The van der Waals surface area contributed by atoms with Crippen LogP contribution in [0.3, 0.4) is 0 Å². The zero-order chi connectivity index (χ0) is 44.7. The topological polar surface area (TPSA) is 49.9 Å². The second-order valence-electron chi connectivity index (χ2n) is 16.1. The fourth-order valence-electron chi connectivity index (χ4n) is 6.50. The molecule has 2 rings (SSSR count). The van der Waals surface area contributed by atoms with Gasteiger partial charge in [0.15, 0.2) is 0 Å². The number of rotatable bonds is 20. The van der Waals surface area contributed by atoms with Gasteiger partial charge < -0.3 is 56.4 Å². The average molecular weight is 907 g/mol. The van der Waals surface area contributed by atoms with Crippen LogP contribution in [0, 0.1) is 0 Å². The van der Waals surface area contributed by atoms with Gasteiger partial charge in [0.05, 0.1) is 26.4 Å². The van der Waals surface area contributed by atoms with Crippen LogP contribution in [0.25, 0.3) is 0 Å². The van der Waals surface area contributed by atoms with Crippen LogP contribution in [-0.4, -0.2) is 151 Å². The van der Waals surface area contributed by atoms with E-state index >= 15 is 0 Å². The Balaban J connectivity index is -0.000000214. The molecule has 2 aromatic rings. The number of hydrogen-bond acceptors (Lipinski definition) is 8. The summed E-state index contributed by atoms with van der Waals surface area (Å²) >= 11 is -0.108. The zero-order valence-electron chi connectivity index (χ0n) is 42.3.